The Bertz CT molecular complexity index is 909. The fourth-order valence-corrected chi connectivity index (χ4v) is 2.24. The summed E-state index contributed by atoms with van der Waals surface area (Å²) in [5.74, 6) is -1.29. The Morgan fingerprint density at radius 1 is 1.40 bits per heavy atom. The molecule has 0 saturated carbocycles. The molecule has 1 aromatic heterocycles. The summed E-state index contributed by atoms with van der Waals surface area (Å²) < 4.78 is 5.13. The van der Waals surface area contributed by atoms with E-state index in [1.807, 2.05) is 43.2 Å². The Balaban J connectivity index is 2.13. The summed E-state index contributed by atoms with van der Waals surface area (Å²) in [4.78, 5) is 28.5. The Labute approximate surface area is 145 Å². The second-order valence-electron chi connectivity index (χ2n) is 5.58. The van der Waals surface area contributed by atoms with Gasteiger partial charge in [0, 0.05) is 36.4 Å². The first kappa shape index (κ1) is 18.2. The number of aliphatic imine (C=N–C) groups is 1. The largest absolute Gasteiger partial charge is 0.477 e. The molecule has 1 heterocycles. The molecule has 2 rings (SSSR count). The van der Waals surface area contributed by atoms with E-state index in [1.165, 1.54) is 6.07 Å². The van der Waals surface area contributed by atoms with Gasteiger partial charge in [-0.1, -0.05) is 12.2 Å². The first-order valence-electron chi connectivity index (χ1n) is 7.75. The van der Waals surface area contributed by atoms with E-state index in [-0.39, 0.29) is 5.56 Å². The first-order valence-corrected chi connectivity index (χ1v) is 7.75. The standard InChI is InChI=1S/C19H20N2O4/c1-13(20-2)7-5-4-6-10-21(3)15-9-8-14-11-16(18(22)23)19(24)25-17(14)12-15/h4-5,7-9,11-12H,2,6,10H2,1,3H3,(H,22,23)/b5-4-,13-7-. The van der Waals surface area contributed by atoms with Crippen LogP contribution in [0.2, 0.25) is 0 Å². The topological polar surface area (TPSA) is 83.1 Å². The van der Waals surface area contributed by atoms with E-state index < -0.39 is 11.6 Å². The average Bonchev–Trinajstić information content (AvgIpc) is 2.59. The molecule has 0 aliphatic heterocycles. The van der Waals surface area contributed by atoms with E-state index in [4.69, 9.17) is 9.52 Å². The lowest BCUT2D eigenvalue weighted by atomic mass is 10.1. The third kappa shape index (κ3) is 4.67. The minimum absolute atomic E-state index is 0.365. The molecule has 1 N–H and O–H groups in total. The van der Waals surface area contributed by atoms with Crippen LogP contribution in [0, 0.1) is 0 Å². The predicted molar refractivity (Wildman–Crippen MR) is 99.8 cm³/mol. The minimum atomic E-state index is -1.29. The number of benzene rings is 1. The monoisotopic (exact) mass is 340 g/mol. The second kappa shape index (κ2) is 8.10. The summed E-state index contributed by atoms with van der Waals surface area (Å²) in [7, 11) is 1.94. The Morgan fingerprint density at radius 2 is 2.16 bits per heavy atom. The highest BCUT2D eigenvalue weighted by Gasteiger charge is 2.12. The van der Waals surface area contributed by atoms with Gasteiger partial charge in [-0.05, 0) is 44.3 Å². The maximum Gasteiger partial charge on any atom is 0.351 e. The highest BCUT2D eigenvalue weighted by atomic mass is 16.4. The van der Waals surface area contributed by atoms with Gasteiger partial charge in [-0.25, -0.2) is 9.59 Å². The molecule has 0 radical (unpaired) electrons. The SMILES string of the molecule is C=N/C(C)=C\C=C/CCN(C)c1ccc2cc(C(=O)O)c(=O)oc2c1. The Hall–Kier alpha value is -3.15. The van der Waals surface area contributed by atoms with Gasteiger partial charge < -0.3 is 14.4 Å². The Morgan fingerprint density at radius 3 is 2.84 bits per heavy atom. The van der Waals surface area contributed by atoms with Crippen LogP contribution in [-0.2, 0) is 0 Å². The van der Waals surface area contributed by atoms with Crippen molar-refractivity contribution in [2.75, 3.05) is 18.5 Å². The van der Waals surface area contributed by atoms with Crippen molar-refractivity contribution in [2.24, 2.45) is 4.99 Å². The van der Waals surface area contributed by atoms with Crippen molar-refractivity contribution in [3.63, 3.8) is 0 Å². The van der Waals surface area contributed by atoms with Crippen molar-refractivity contribution in [3.8, 4) is 0 Å². The molecule has 130 valence electrons. The summed E-state index contributed by atoms with van der Waals surface area (Å²) in [5, 5.41) is 9.55. The number of carboxylic acid groups (broad SMARTS) is 1. The number of allylic oxidation sites excluding steroid dienone is 3. The molecule has 0 bridgehead atoms. The highest BCUT2D eigenvalue weighted by molar-refractivity contribution is 5.92. The molecular formula is C19H20N2O4. The number of carboxylic acids is 1. The number of anilines is 1. The van der Waals surface area contributed by atoms with Crippen LogP contribution in [0.5, 0.6) is 0 Å². The molecule has 0 amide bonds. The number of hydrogen-bond donors (Lipinski definition) is 1. The number of nitrogens with zero attached hydrogens (tertiary/aromatic N) is 2. The summed E-state index contributed by atoms with van der Waals surface area (Å²) >= 11 is 0. The van der Waals surface area contributed by atoms with Crippen molar-refractivity contribution in [3.05, 3.63) is 64.2 Å². The number of aromatic carboxylic acids is 1. The van der Waals surface area contributed by atoms with Crippen LogP contribution < -0.4 is 10.5 Å². The molecule has 0 spiro atoms. The molecule has 0 fully saturated rings. The molecule has 0 atom stereocenters. The molecule has 0 aliphatic rings. The Kier molecular flexibility index (Phi) is 5.89. The smallest absolute Gasteiger partial charge is 0.351 e. The summed E-state index contributed by atoms with van der Waals surface area (Å²) in [6.07, 6.45) is 6.69. The number of fused-ring (bicyclic) bond motifs is 1. The highest BCUT2D eigenvalue weighted by Crippen LogP contribution is 2.21. The van der Waals surface area contributed by atoms with E-state index >= 15 is 0 Å². The zero-order chi connectivity index (χ0) is 18.4. The van der Waals surface area contributed by atoms with E-state index in [2.05, 4.69) is 11.7 Å². The van der Waals surface area contributed by atoms with Gasteiger partial charge in [0.05, 0.1) is 0 Å². The van der Waals surface area contributed by atoms with E-state index in [1.54, 1.807) is 12.1 Å². The van der Waals surface area contributed by atoms with Gasteiger partial charge in [-0.15, -0.1) is 0 Å². The van der Waals surface area contributed by atoms with E-state index in [0.717, 1.165) is 24.4 Å². The van der Waals surface area contributed by atoms with Gasteiger partial charge in [0.1, 0.15) is 11.1 Å². The van der Waals surface area contributed by atoms with E-state index in [0.29, 0.717) is 11.0 Å². The third-order valence-electron chi connectivity index (χ3n) is 3.74. The van der Waals surface area contributed by atoms with Gasteiger partial charge in [0.2, 0.25) is 0 Å². The average molecular weight is 340 g/mol. The maximum atomic E-state index is 11.7. The first-order chi connectivity index (χ1) is 11.9. The van der Waals surface area contributed by atoms with Gasteiger partial charge in [0.25, 0.3) is 0 Å². The normalized spacial score (nSPS) is 11.8. The van der Waals surface area contributed by atoms with Crippen LogP contribution in [-0.4, -0.2) is 31.4 Å². The molecule has 2 aromatic rings. The van der Waals surface area contributed by atoms with Gasteiger partial charge in [-0.2, -0.15) is 0 Å². The second-order valence-corrected chi connectivity index (χ2v) is 5.58. The molecule has 0 aliphatic carbocycles. The number of rotatable bonds is 7. The van der Waals surface area contributed by atoms with Crippen molar-refractivity contribution in [1.82, 2.24) is 0 Å². The fraction of sp³-hybridized carbons (Fsp3) is 0.211. The van der Waals surface area contributed by atoms with Gasteiger partial charge in [-0.3, -0.25) is 4.99 Å². The molecule has 0 unspecified atom stereocenters. The molecule has 1 aromatic carbocycles. The lowest BCUT2D eigenvalue weighted by molar-refractivity contribution is 0.0692. The zero-order valence-electron chi connectivity index (χ0n) is 14.2. The van der Waals surface area contributed by atoms with Crippen LogP contribution in [0.3, 0.4) is 0 Å². The lowest BCUT2D eigenvalue weighted by Gasteiger charge is -2.18. The summed E-state index contributed by atoms with van der Waals surface area (Å²) in [6.45, 7) is 6.10. The third-order valence-corrected chi connectivity index (χ3v) is 3.74. The van der Waals surface area contributed by atoms with Crippen molar-refractivity contribution < 1.29 is 14.3 Å². The summed E-state index contributed by atoms with van der Waals surface area (Å²) in [6, 6.07) is 6.67. The molecule has 6 nitrogen and oxygen atoms in total. The summed E-state index contributed by atoms with van der Waals surface area (Å²) in [5.41, 5.74) is 0.892. The van der Waals surface area contributed by atoms with Crippen LogP contribution in [0.15, 0.2) is 62.4 Å². The number of carbonyl (C=O) groups is 1. The molecule has 6 heteroatoms. The van der Waals surface area contributed by atoms with Crippen molar-refractivity contribution in [2.45, 2.75) is 13.3 Å². The maximum absolute atomic E-state index is 11.7. The minimum Gasteiger partial charge on any atom is -0.477 e. The molecular weight excluding hydrogens is 320 g/mol. The van der Waals surface area contributed by atoms with E-state index in [9.17, 15) is 9.59 Å². The zero-order valence-corrected chi connectivity index (χ0v) is 14.2. The van der Waals surface area contributed by atoms with Crippen LogP contribution in [0.4, 0.5) is 5.69 Å². The molecule has 25 heavy (non-hydrogen) atoms. The predicted octanol–water partition coefficient (Wildman–Crippen LogP) is 3.48. The quantitative estimate of drug-likeness (QED) is 0.474. The van der Waals surface area contributed by atoms with Crippen molar-refractivity contribution in [1.29, 1.82) is 0 Å². The number of hydrogen-bond acceptors (Lipinski definition) is 5. The van der Waals surface area contributed by atoms with Gasteiger partial charge >= 0.3 is 11.6 Å². The molecule has 0 saturated heterocycles. The van der Waals surface area contributed by atoms with Crippen LogP contribution in [0.1, 0.15) is 23.7 Å². The van der Waals surface area contributed by atoms with Crippen LogP contribution in [0.25, 0.3) is 11.0 Å². The van der Waals surface area contributed by atoms with Crippen LogP contribution >= 0.6 is 0 Å². The van der Waals surface area contributed by atoms with Gasteiger partial charge in [0.15, 0.2) is 0 Å². The fourth-order valence-electron chi connectivity index (χ4n) is 2.24. The van der Waals surface area contributed by atoms with Crippen molar-refractivity contribution >= 4 is 29.3 Å². The lowest BCUT2D eigenvalue weighted by Crippen LogP contribution is -2.18.